The first-order chi connectivity index (χ1) is 5.22. The first-order valence-corrected chi connectivity index (χ1v) is 3.75. The molecule has 0 fully saturated rings. The molecule has 0 rings (SSSR count). The summed E-state index contributed by atoms with van der Waals surface area (Å²) >= 11 is 0. The van der Waals surface area contributed by atoms with Gasteiger partial charge in [-0.2, -0.15) is 0 Å². The van der Waals surface area contributed by atoms with Crippen LogP contribution in [-0.2, 0) is 9.53 Å². The minimum absolute atomic E-state index is 0. The molecule has 12 heavy (non-hydrogen) atoms. The number of halogens is 1. The molecule has 0 saturated carbocycles. The standard InChI is InChI=1S/C8H15NO2.ClH/c1-3-5-6-7(9)8(10)11-4-2;/h3,7H,1,4-6,9H2,2H3;1H. The number of carbonyl (C=O) groups is 1. The molecule has 1 unspecified atom stereocenters. The van der Waals surface area contributed by atoms with Crippen LogP contribution in [0.1, 0.15) is 19.8 Å². The summed E-state index contributed by atoms with van der Waals surface area (Å²) in [4.78, 5) is 10.9. The molecular weight excluding hydrogens is 178 g/mol. The van der Waals surface area contributed by atoms with E-state index in [2.05, 4.69) is 6.58 Å². The van der Waals surface area contributed by atoms with E-state index in [1.54, 1.807) is 13.0 Å². The largest absolute Gasteiger partial charge is 0.465 e. The van der Waals surface area contributed by atoms with Crippen LogP contribution in [0.15, 0.2) is 12.7 Å². The second kappa shape index (κ2) is 8.56. The number of esters is 1. The molecule has 72 valence electrons. The van der Waals surface area contributed by atoms with E-state index in [0.29, 0.717) is 13.0 Å². The average molecular weight is 194 g/mol. The predicted molar refractivity (Wildman–Crippen MR) is 51.3 cm³/mol. The number of hydrogen-bond acceptors (Lipinski definition) is 3. The predicted octanol–water partition coefficient (Wildman–Crippen LogP) is 1.26. The Bertz CT molecular complexity index is 139. The number of ether oxygens (including phenoxy) is 1. The molecule has 0 bridgehead atoms. The van der Waals surface area contributed by atoms with E-state index in [0.717, 1.165) is 6.42 Å². The Morgan fingerprint density at radius 1 is 1.75 bits per heavy atom. The quantitative estimate of drug-likeness (QED) is 0.529. The number of nitrogens with two attached hydrogens (primary N) is 1. The van der Waals surface area contributed by atoms with Crippen molar-refractivity contribution in [3.63, 3.8) is 0 Å². The lowest BCUT2D eigenvalue weighted by Gasteiger charge is -2.07. The van der Waals surface area contributed by atoms with Gasteiger partial charge in [0.15, 0.2) is 0 Å². The van der Waals surface area contributed by atoms with Crippen molar-refractivity contribution in [1.29, 1.82) is 0 Å². The van der Waals surface area contributed by atoms with E-state index in [1.807, 2.05) is 0 Å². The van der Waals surface area contributed by atoms with Crippen LogP contribution in [0, 0.1) is 0 Å². The van der Waals surface area contributed by atoms with Gasteiger partial charge >= 0.3 is 5.97 Å². The van der Waals surface area contributed by atoms with E-state index in [-0.39, 0.29) is 18.4 Å². The van der Waals surface area contributed by atoms with Crippen molar-refractivity contribution >= 4 is 18.4 Å². The van der Waals surface area contributed by atoms with Crippen LogP contribution < -0.4 is 5.73 Å². The van der Waals surface area contributed by atoms with Gasteiger partial charge in [0, 0.05) is 0 Å². The minimum atomic E-state index is -0.493. The zero-order valence-corrected chi connectivity index (χ0v) is 8.10. The summed E-state index contributed by atoms with van der Waals surface area (Å²) in [6, 6.07) is -0.493. The van der Waals surface area contributed by atoms with E-state index in [4.69, 9.17) is 10.5 Å². The van der Waals surface area contributed by atoms with Gasteiger partial charge in [-0.25, -0.2) is 0 Å². The Balaban J connectivity index is 0. The molecule has 0 aliphatic rings. The number of rotatable bonds is 5. The molecule has 0 aromatic carbocycles. The van der Waals surface area contributed by atoms with Gasteiger partial charge in [-0.3, -0.25) is 4.79 Å². The Morgan fingerprint density at radius 2 is 2.33 bits per heavy atom. The van der Waals surface area contributed by atoms with Crippen LogP contribution in [0.4, 0.5) is 0 Å². The van der Waals surface area contributed by atoms with Crippen molar-refractivity contribution in [1.82, 2.24) is 0 Å². The van der Waals surface area contributed by atoms with Gasteiger partial charge in [0.2, 0.25) is 0 Å². The molecule has 0 amide bonds. The second-order valence-corrected chi connectivity index (χ2v) is 2.22. The lowest BCUT2D eigenvalue weighted by atomic mass is 10.2. The second-order valence-electron chi connectivity index (χ2n) is 2.22. The summed E-state index contributed by atoms with van der Waals surface area (Å²) in [6.45, 7) is 5.68. The summed E-state index contributed by atoms with van der Waals surface area (Å²) in [5.74, 6) is -0.325. The molecule has 1 atom stereocenters. The Kier molecular flexibility index (Phi) is 9.99. The number of allylic oxidation sites excluding steroid dienone is 1. The summed E-state index contributed by atoms with van der Waals surface area (Å²) < 4.78 is 4.70. The molecule has 0 aliphatic carbocycles. The first kappa shape index (κ1) is 14.0. The van der Waals surface area contributed by atoms with E-state index in [9.17, 15) is 4.79 Å². The summed E-state index contributed by atoms with van der Waals surface area (Å²) in [6.07, 6.45) is 3.10. The molecule has 3 nitrogen and oxygen atoms in total. The van der Waals surface area contributed by atoms with Crippen molar-refractivity contribution in [2.45, 2.75) is 25.8 Å². The normalized spacial score (nSPS) is 11.2. The van der Waals surface area contributed by atoms with Crippen LogP contribution in [-0.4, -0.2) is 18.6 Å². The third-order valence-electron chi connectivity index (χ3n) is 1.27. The maximum absolute atomic E-state index is 10.9. The van der Waals surface area contributed by atoms with Crippen molar-refractivity contribution in [3.05, 3.63) is 12.7 Å². The summed E-state index contributed by atoms with van der Waals surface area (Å²) in [5.41, 5.74) is 5.47. The minimum Gasteiger partial charge on any atom is -0.465 e. The van der Waals surface area contributed by atoms with Crippen LogP contribution in [0.2, 0.25) is 0 Å². The highest BCUT2D eigenvalue weighted by molar-refractivity contribution is 5.85. The van der Waals surface area contributed by atoms with Crippen molar-refractivity contribution in [2.75, 3.05) is 6.61 Å². The molecule has 0 aromatic rings. The SMILES string of the molecule is C=CCCC(N)C(=O)OCC.Cl. The van der Waals surface area contributed by atoms with E-state index in [1.165, 1.54) is 0 Å². The van der Waals surface area contributed by atoms with Gasteiger partial charge in [0.25, 0.3) is 0 Å². The van der Waals surface area contributed by atoms with E-state index < -0.39 is 6.04 Å². The third-order valence-corrected chi connectivity index (χ3v) is 1.27. The zero-order chi connectivity index (χ0) is 8.69. The van der Waals surface area contributed by atoms with Gasteiger partial charge in [-0.1, -0.05) is 6.08 Å². The maximum Gasteiger partial charge on any atom is 0.322 e. The topological polar surface area (TPSA) is 52.3 Å². The van der Waals surface area contributed by atoms with Gasteiger partial charge < -0.3 is 10.5 Å². The smallest absolute Gasteiger partial charge is 0.322 e. The maximum atomic E-state index is 10.9. The first-order valence-electron chi connectivity index (χ1n) is 3.75. The third kappa shape index (κ3) is 6.19. The Morgan fingerprint density at radius 3 is 2.75 bits per heavy atom. The fraction of sp³-hybridized carbons (Fsp3) is 0.625. The number of carbonyl (C=O) groups excluding carboxylic acids is 1. The lowest BCUT2D eigenvalue weighted by Crippen LogP contribution is -2.31. The fourth-order valence-corrected chi connectivity index (χ4v) is 0.665. The highest BCUT2D eigenvalue weighted by Crippen LogP contribution is 1.96. The highest BCUT2D eigenvalue weighted by atomic mass is 35.5. The van der Waals surface area contributed by atoms with Crippen molar-refractivity contribution in [3.8, 4) is 0 Å². The molecular formula is C8H16ClNO2. The average Bonchev–Trinajstić information content (AvgIpc) is 2.00. The van der Waals surface area contributed by atoms with Gasteiger partial charge in [-0.05, 0) is 19.8 Å². The van der Waals surface area contributed by atoms with Crippen LogP contribution in [0.25, 0.3) is 0 Å². The Labute approximate surface area is 79.4 Å². The molecule has 0 aromatic heterocycles. The Hall–Kier alpha value is -0.540. The lowest BCUT2D eigenvalue weighted by molar-refractivity contribution is -0.144. The van der Waals surface area contributed by atoms with Crippen LogP contribution in [0.5, 0.6) is 0 Å². The van der Waals surface area contributed by atoms with E-state index >= 15 is 0 Å². The van der Waals surface area contributed by atoms with Gasteiger partial charge in [0.05, 0.1) is 6.61 Å². The van der Waals surface area contributed by atoms with Gasteiger partial charge in [0.1, 0.15) is 6.04 Å². The highest BCUT2D eigenvalue weighted by Gasteiger charge is 2.12. The molecule has 0 heterocycles. The summed E-state index contributed by atoms with van der Waals surface area (Å²) in [7, 11) is 0. The van der Waals surface area contributed by atoms with Gasteiger partial charge in [-0.15, -0.1) is 19.0 Å². The fourth-order valence-electron chi connectivity index (χ4n) is 0.665. The van der Waals surface area contributed by atoms with Crippen LogP contribution >= 0.6 is 12.4 Å². The molecule has 0 spiro atoms. The molecule has 0 saturated heterocycles. The summed E-state index contributed by atoms with van der Waals surface area (Å²) in [5, 5.41) is 0. The molecule has 0 aliphatic heterocycles. The zero-order valence-electron chi connectivity index (χ0n) is 7.29. The molecule has 0 radical (unpaired) electrons. The molecule has 2 N–H and O–H groups in total. The van der Waals surface area contributed by atoms with Crippen molar-refractivity contribution < 1.29 is 9.53 Å². The number of hydrogen-bond donors (Lipinski definition) is 1. The molecule has 4 heteroatoms. The van der Waals surface area contributed by atoms with Crippen molar-refractivity contribution in [2.24, 2.45) is 5.73 Å². The van der Waals surface area contributed by atoms with Crippen LogP contribution in [0.3, 0.4) is 0 Å². The monoisotopic (exact) mass is 193 g/mol.